The maximum atomic E-state index is 13.5. The summed E-state index contributed by atoms with van der Waals surface area (Å²) < 4.78 is 33.9. The third kappa shape index (κ3) is 5.65. The number of anilines is 1. The van der Waals surface area contributed by atoms with E-state index in [1.54, 1.807) is 24.4 Å². The number of rotatable bonds is 7. The van der Waals surface area contributed by atoms with Gasteiger partial charge in [-0.2, -0.15) is 0 Å². The molecule has 2 atom stereocenters. The van der Waals surface area contributed by atoms with Crippen LogP contribution in [-0.4, -0.2) is 43.5 Å². The molecule has 0 amide bonds. The zero-order valence-electron chi connectivity index (χ0n) is 20.4. The SMILES string of the molecule is C[C@H](C(=O)Cc1cnc2c(c1)N(S(=O)(=O)c1cccc(Cl)c1)C[C@H](CO)O2)C1CCC(C)(C)CC1. The first-order chi connectivity index (χ1) is 16.5. The summed E-state index contributed by atoms with van der Waals surface area (Å²) in [6, 6.07) is 7.68. The topological polar surface area (TPSA) is 96.8 Å². The number of aliphatic hydroxyl groups excluding tert-OH is 1. The van der Waals surface area contributed by atoms with Crippen molar-refractivity contribution >= 4 is 33.1 Å². The molecule has 1 aliphatic heterocycles. The Balaban J connectivity index is 1.59. The minimum absolute atomic E-state index is 0.0323. The monoisotopic (exact) mass is 520 g/mol. The van der Waals surface area contributed by atoms with Gasteiger partial charge in [-0.3, -0.25) is 9.10 Å². The Labute approximate surface area is 212 Å². The summed E-state index contributed by atoms with van der Waals surface area (Å²) in [5, 5.41) is 9.97. The first-order valence-electron chi connectivity index (χ1n) is 12.1. The zero-order valence-corrected chi connectivity index (χ0v) is 22.0. The summed E-state index contributed by atoms with van der Waals surface area (Å²) in [7, 11) is -4.00. The van der Waals surface area contributed by atoms with Crippen LogP contribution in [0.25, 0.3) is 0 Å². The molecule has 0 saturated heterocycles. The highest BCUT2D eigenvalue weighted by atomic mass is 35.5. The van der Waals surface area contributed by atoms with Gasteiger partial charge in [0.05, 0.1) is 18.0 Å². The summed E-state index contributed by atoms with van der Waals surface area (Å²) in [6.45, 7) is 6.12. The molecule has 1 aromatic heterocycles. The number of hydrogen-bond donors (Lipinski definition) is 1. The van der Waals surface area contributed by atoms with Gasteiger partial charge >= 0.3 is 0 Å². The predicted molar refractivity (Wildman–Crippen MR) is 135 cm³/mol. The zero-order chi connectivity index (χ0) is 25.4. The average molecular weight is 521 g/mol. The number of ether oxygens (including phenoxy) is 1. The van der Waals surface area contributed by atoms with E-state index in [4.69, 9.17) is 16.3 Å². The van der Waals surface area contributed by atoms with Crippen molar-refractivity contribution in [3.63, 3.8) is 0 Å². The van der Waals surface area contributed by atoms with Crippen LogP contribution < -0.4 is 9.04 Å². The van der Waals surface area contributed by atoms with Gasteiger partial charge in [0.25, 0.3) is 10.0 Å². The van der Waals surface area contributed by atoms with Crippen molar-refractivity contribution in [1.82, 2.24) is 4.98 Å². The molecule has 9 heteroatoms. The molecule has 2 aliphatic rings. The number of ketones is 1. The van der Waals surface area contributed by atoms with Crippen molar-refractivity contribution in [2.24, 2.45) is 17.3 Å². The maximum Gasteiger partial charge on any atom is 0.264 e. The molecule has 0 spiro atoms. The van der Waals surface area contributed by atoms with Crippen LogP contribution in [0.3, 0.4) is 0 Å². The van der Waals surface area contributed by atoms with Crippen LogP contribution in [0.5, 0.6) is 5.88 Å². The Morgan fingerprint density at radius 1 is 1.29 bits per heavy atom. The Kier molecular flexibility index (Phi) is 7.46. The number of Topliss-reactive ketones (excluding diaryl/α,β-unsaturated/α-hetero) is 1. The van der Waals surface area contributed by atoms with E-state index in [0.717, 1.165) is 25.7 Å². The number of hydrogen-bond acceptors (Lipinski definition) is 6. The lowest BCUT2D eigenvalue weighted by atomic mass is 9.69. The second kappa shape index (κ2) is 10.1. The van der Waals surface area contributed by atoms with Crippen LogP contribution in [-0.2, 0) is 21.2 Å². The summed E-state index contributed by atoms with van der Waals surface area (Å²) >= 11 is 6.04. The highest BCUT2D eigenvalue weighted by Gasteiger charge is 2.36. The van der Waals surface area contributed by atoms with E-state index >= 15 is 0 Å². The second-order valence-electron chi connectivity index (χ2n) is 10.5. The molecule has 190 valence electrons. The normalized spacial score (nSPS) is 21.2. The van der Waals surface area contributed by atoms with E-state index in [2.05, 4.69) is 18.8 Å². The molecule has 0 bridgehead atoms. The minimum Gasteiger partial charge on any atom is -0.468 e. The summed E-state index contributed by atoms with van der Waals surface area (Å²) in [4.78, 5) is 17.5. The number of halogens is 1. The van der Waals surface area contributed by atoms with E-state index in [9.17, 15) is 18.3 Å². The molecule has 1 aromatic carbocycles. The van der Waals surface area contributed by atoms with Crippen LogP contribution in [0.1, 0.15) is 52.0 Å². The molecule has 0 radical (unpaired) electrons. The Bertz CT molecular complexity index is 1190. The van der Waals surface area contributed by atoms with E-state index in [1.165, 1.54) is 16.4 Å². The molecule has 4 rings (SSSR count). The Morgan fingerprint density at radius 3 is 2.66 bits per heavy atom. The predicted octanol–water partition coefficient (Wildman–Crippen LogP) is 4.65. The quantitative estimate of drug-likeness (QED) is 0.571. The molecule has 1 aliphatic carbocycles. The number of carbonyl (C=O) groups is 1. The van der Waals surface area contributed by atoms with Gasteiger partial charge in [0.1, 0.15) is 17.6 Å². The number of nitrogens with zero attached hydrogens (tertiary/aromatic N) is 2. The number of benzene rings is 1. The fourth-order valence-corrected chi connectivity index (χ4v) is 6.74. The highest BCUT2D eigenvalue weighted by molar-refractivity contribution is 7.92. The Hall–Kier alpha value is -2.16. The van der Waals surface area contributed by atoms with Gasteiger partial charge in [0.15, 0.2) is 0 Å². The third-order valence-electron chi connectivity index (χ3n) is 7.37. The molecule has 35 heavy (non-hydrogen) atoms. The van der Waals surface area contributed by atoms with Crippen LogP contribution in [0, 0.1) is 17.3 Å². The molecule has 0 unspecified atom stereocenters. The van der Waals surface area contributed by atoms with Crippen LogP contribution in [0.2, 0.25) is 5.02 Å². The van der Waals surface area contributed by atoms with E-state index in [-0.39, 0.29) is 47.7 Å². The molecular weight excluding hydrogens is 488 g/mol. The van der Waals surface area contributed by atoms with Crippen molar-refractivity contribution in [1.29, 1.82) is 0 Å². The van der Waals surface area contributed by atoms with Crippen LogP contribution >= 0.6 is 11.6 Å². The van der Waals surface area contributed by atoms with Crippen LogP contribution in [0.15, 0.2) is 41.4 Å². The number of aliphatic hydroxyl groups is 1. The lowest BCUT2D eigenvalue weighted by Gasteiger charge is -2.36. The standard InChI is InChI=1S/C26H33ClN2O5S/c1-17(19-7-9-26(2,3)10-8-19)24(31)12-18-11-23-25(28-14-18)34-21(16-30)15-29(23)35(32,33)22-6-4-5-20(27)13-22/h4-6,11,13-14,17,19,21,30H,7-10,12,15-16H2,1-3H3/t17-,21+/m0/s1. The van der Waals surface area contributed by atoms with Crippen molar-refractivity contribution < 1.29 is 23.1 Å². The molecule has 2 aromatic rings. The van der Waals surface area contributed by atoms with Crippen molar-refractivity contribution in [2.75, 3.05) is 17.5 Å². The Morgan fingerprint density at radius 2 is 2.00 bits per heavy atom. The summed E-state index contributed by atoms with van der Waals surface area (Å²) in [5.74, 6) is 0.545. The fraction of sp³-hybridized carbons (Fsp3) is 0.538. The fourth-order valence-electron chi connectivity index (χ4n) is 4.95. The van der Waals surface area contributed by atoms with Gasteiger partial charge < -0.3 is 9.84 Å². The van der Waals surface area contributed by atoms with Gasteiger partial charge in [-0.15, -0.1) is 0 Å². The number of fused-ring (bicyclic) bond motifs is 1. The molecule has 1 saturated carbocycles. The highest BCUT2D eigenvalue weighted by Crippen LogP contribution is 2.41. The van der Waals surface area contributed by atoms with Gasteiger partial charge in [-0.25, -0.2) is 13.4 Å². The molecular formula is C26H33ClN2O5S. The van der Waals surface area contributed by atoms with Crippen LogP contribution in [0.4, 0.5) is 5.69 Å². The number of carbonyl (C=O) groups excluding carboxylic acids is 1. The molecule has 1 fully saturated rings. The number of aromatic nitrogens is 1. The van der Waals surface area contributed by atoms with Crippen molar-refractivity contribution in [3.05, 3.63) is 47.1 Å². The second-order valence-corrected chi connectivity index (χ2v) is 12.8. The van der Waals surface area contributed by atoms with Crippen molar-refractivity contribution in [2.45, 2.75) is 63.9 Å². The first kappa shape index (κ1) is 25.9. The van der Waals surface area contributed by atoms with E-state index < -0.39 is 16.1 Å². The first-order valence-corrected chi connectivity index (χ1v) is 13.9. The van der Waals surface area contributed by atoms with E-state index in [1.807, 2.05) is 6.92 Å². The van der Waals surface area contributed by atoms with E-state index in [0.29, 0.717) is 21.9 Å². The molecule has 2 heterocycles. The average Bonchev–Trinajstić information content (AvgIpc) is 2.82. The maximum absolute atomic E-state index is 13.5. The lowest BCUT2D eigenvalue weighted by molar-refractivity contribution is -0.124. The summed E-state index contributed by atoms with van der Waals surface area (Å²) in [5.41, 5.74) is 1.23. The van der Waals surface area contributed by atoms with Gasteiger partial charge in [-0.05, 0) is 66.8 Å². The third-order valence-corrected chi connectivity index (χ3v) is 9.38. The lowest BCUT2D eigenvalue weighted by Crippen LogP contribution is -2.45. The molecule has 1 N–H and O–H groups in total. The minimum atomic E-state index is -4.00. The largest absolute Gasteiger partial charge is 0.468 e. The summed E-state index contributed by atoms with van der Waals surface area (Å²) in [6.07, 6.45) is 5.30. The van der Waals surface area contributed by atoms with Gasteiger partial charge in [0.2, 0.25) is 5.88 Å². The van der Waals surface area contributed by atoms with Gasteiger partial charge in [0, 0.05) is 23.6 Å². The van der Waals surface area contributed by atoms with Gasteiger partial charge in [-0.1, -0.05) is 38.4 Å². The smallest absolute Gasteiger partial charge is 0.264 e. The molecule has 7 nitrogen and oxygen atoms in total. The number of sulfonamides is 1. The number of pyridine rings is 1. The van der Waals surface area contributed by atoms with Crippen molar-refractivity contribution in [3.8, 4) is 5.88 Å².